The molecule has 4 rings (SSSR count). The second-order valence-corrected chi connectivity index (χ2v) is 7.44. The van der Waals surface area contributed by atoms with Gasteiger partial charge in [0.15, 0.2) is 0 Å². The lowest BCUT2D eigenvalue weighted by Gasteiger charge is -2.31. The van der Waals surface area contributed by atoms with Gasteiger partial charge in [-0.1, -0.05) is 30.3 Å². The topological polar surface area (TPSA) is 81.9 Å². The molecule has 0 unspecified atom stereocenters. The summed E-state index contributed by atoms with van der Waals surface area (Å²) >= 11 is 6.10. The molecule has 1 N–H and O–H groups in total. The van der Waals surface area contributed by atoms with Crippen molar-refractivity contribution < 1.29 is 4.79 Å². The van der Waals surface area contributed by atoms with Crippen molar-refractivity contribution in [2.45, 2.75) is 19.3 Å². The molecule has 1 aromatic carbocycles. The molecule has 6 nitrogen and oxygen atoms in total. The van der Waals surface area contributed by atoms with Crippen molar-refractivity contribution in [1.82, 2.24) is 15.3 Å². The van der Waals surface area contributed by atoms with Crippen LogP contribution < -0.4 is 10.2 Å². The molecule has 0 saturated carbocycles. The molecule has 7 heteroatoms. The van der Waals surface area contributed by atoms with Gasteiger partial charge < -0.3 is 5.32 Å². The molecule has 0 radical (unpaired) electrons. The maximum Gasteiger partial charge on any atom is 0.331 e. The highest BCUT2D eigenvalue weighted by molar-refractivity contribution is 6.30. The number of nitrogens with one attached hydrogen (secondary N) is 1. The molecule has 3 aromatic rings. The van der Waals surface area contributed by atoms with Crippen molar-refractivity contribution >= 4 is 45.7 Å². The summed E-state index contributed by atoms with van der Waals surface area (Å²) in [6.07, 6.45) is 1.66. The minimum absolute atomic E-state index is 0.311. The number of nitriles is 1. The van der Waals surface area contributed by atoms with Crippen molar-refractivity contribution in [3.63, 3.8) is 0 Å². The molecule has 2 amide bonds. The number of hydrogen-bond acceptors (Lipinski definition) is 4. The van der Waals surface area contributed by atoms with E-state index in [1.165, 1.54) is 4.90 Å². The van der Waals surface area contributed by atoms with Crippen LogP contribution in [0, 0.1) is 11.3 Å². The molecule has 0 spiro atoms. The average Bonchev–Trinajstić information content (AvgIpc) is 2.68. The summed E-state index contributed by atoms with van der Waals surface area (Å²) in [4.78, 5) is 23.2. The van der Waals surface area contributed by atoms with E-state index in [2.05, 4.69) is 27.9 Å². The second kappa shape index (κ2) is 6.32. The maximum absolute atomic E-state index is 12.9. The minimum atomic E-state index is -0.624. The van der Waals surface area contributed by atoms with Crippen LogP contribution in [0.3, 0.4) is 0 Å². The number of rotatable bonds is 2. The molecule has 0 atom stereocenters. The number of amides is 2. The van der Waals surface area contributed by atoms with Crippen LogP contribution in [0.15, 0.2) is 49.2 Å². The Morgan fingerprint density at radius 3 is 2.61 bits per heavy atom. The van der Waals surface area contributed by atoms with Crippen molar-refractivity contribution in [1.29, 1.82) is 5.26 Å². The van der Waals surface area contributed by atoms with Crippen molar-refractivity contribution in [2.24, 2.45) is 0 Å². The van der Waals surface area contributed by atoms with Crippen LogP contribution in [-0.4, -0.2) is 16.0 Å². The normalized spacial score (nSPS) is 13.9. The summed E-state index contributed by atoms with van der Waals surface area (Å²) in [5.74, 6) is 0. The van der Waals surface area contributed by atoms with Gasteiger partial charge in [0.25, 0.3) is 0 Å². The van der Waals surface area contributed by atoms with Crippen LogP contribution in [0.2, 0.25) is 5.15 Å². The number of pyridine rings is 2. The second-order valence-electron chi connectivity index (χ2n) is 7.05. The van der Waals surface area contributed by atoms with E-state index in [9.17, 15) is 10.1 Å². The molecule has 0 fully saturated rings. The highest BCUT2D eigenvalue weighted by Crippen LogP contribution is 2.40. The summed E-state index contributed by atoms with van der Waals surface area (Å²) in [6, 6.07) is 12.7. The maximum atomic E-state index is 12.9. The monoisotopic (exact) mass is 389 g/mol. The Labute approximate surface area is 167 Å². The van der Waals surface area contributed by atoms with Crippen molar-refractivity contribution in [3.05, 3.63) is 65.5 Å². The number of aromatic nitrogens is 2. The number of anilines is 2. The highest BCUT2D eigenvalue weighted by atomic mass is 35.5. The number of carbonyl (C=O) groups is 1. The summed E-state index contributed by atoms with van der Waals surface area (Å²) in [5.41, 5.74) is 3.71. The zero-order chi connectivity index (χ0) is 20.1. The van der Waals surface area contributed by atoms with E-state index in [1.807, 2.05) is 38.1 Å². The Kier molecular flexibility index (Phi) is 4.06. The van der Waals surface area contributed by atoms with Gasteiger partial charge in [-0.2, -0.15) is 5.26 Å². The quantitative estimate of drug-likeness (QED) is 0.631. The third-order valence-corrected chi connectivity index (χ3v) is 5.00. The standard InChI is InChI=1S/C21H16ClN5O/c1-12-15-10-24-16-8-9-17(22)26-18(16)19(15)27(20(28)25-12)14-6-4-13(5-7-14)21(2,3)11-23/h4-10H,1H2,2-3H3,(H,25,28). The fourth-order valence-corrected chi connectivity index (χ4v) is 3.32. The third-order valence-electron chi connectivity index (χ3n) is 4.79. The summed E-state index contributed by atoms with van der Waals surface area (Å²) < 4.78 is 0. The van der Waals surface area contributed by atoms with E-state index in [1.54, 1.807) is 18.3 Å². The van der Waals surface area contributed by atoms with Gasteiger partial charge in [0, 0.05) is 17.5 Å². The largest absolute Gasteiger partial charge is 0.331 e. The molecule has 0 aliphatic carbocycles. The third kappa shape index (κ3) is 2.77. The average molecular weight is 390 g/mol. The first-order chi connectivity index (χ1) is 13.3. The Morgan fingerprint density at radius 2 is 1.93 bits per heavy atom. The molecule has 0 bridgehead atoms. The molecule has 0 saturated heterocycles. The van der Waals surface area contributed by atoms with Gasteiger partial charge in [-0.3, -0.25) is 9.88 Å². The van der Waals surface area contributed by atoms with E-state index in [0.29, 0.717) is 38.8 Å². The first kappa shape index (κ1) is 18.0. The highest BCUT2D eigenvalue weighted by Gasteiger charge is 2.31. The minimum Gasteiger partial charge on any atom is -0.307 e. The van der Waals surface area contributed by atoms with Crippen LogP contribution in [0.25, 0.3) is 16.7 Å². The lowest BCUT2D eigenvalue weighted by molar-refractivity contribution is 0.251. The van der Waals surface area contributed by atoms with Gasteiger partial charge in [0.1, 0.15) is 10.7 Å². The van der Waals surface area contributed by atoms with Crippen LogP contribution >= 0.6 is 11.6 Å². The van der Waals surface area contributed by atoms with E-state index < -0.39 is 5.41 Å². The van der Waals surface area contributed by atoms with Crippen molar-refractivity contribution in [2.75, 3.05) is 4.90 Å². The fraction of sp³-hybridized carbons (Fsp3) is 0.143. The van der Waals surface area contributed by atoms with Crippen LogP contribution in [0.5, 0.6) is 0 Å². The van der Waals surface area contributed by atoms with Gasteiger partial charge in [-0.15, -0.1) is 0 Å². The molecule has 3 heterocycles. The van der Waals surface area contributed by atoms with E-state index in [4.69, 9.17) is 11.6 Å². The Bertz CT molecular complexity index is 1180. The van der Waals surface area contributed by atoms with Crippen LogP contribution in [-0.2, 0) is 5.41 Å². The van der Waals surface area contributed by atoms with Crippen LogP contribution in [0.1, 0.15) is 25.0 Å². The van der Waals surface area contributed by atoms with Gasteiger partial charge in [-0.05, 0) is 43.7 Å². The summed E-state index contributed by atoms with van der Waals surface area (Å²) in [7, 11) is 0. The van der Waals surface area contributed by atoms with Gasteiger partial charge in [-0.25, -0.2) is 9.78 Å². The number of fused-ring (bicyclic) bond motifs is 3. The molecule has 1 aliphatic heterocycles. The number of urea groups is 1. The SMILES string of the molecule is C=C1NC(=O)N(c2ccc(C(C)(C)C#N)cc2)c2c1cnc1ccc(Cl)nc21. The molecular weight excluding hydrogens is 374 g/mol. The first-order valence-corrected chi connectivity index (χ1v) is 8.97. The Balaban J connectivity index is 1.93. The predicted molar refractivity (Wildman–Crippen MR) is 109 cm³/mol. The molecule has 28 heavy (non-hydrogen) atoms. The lowest BCUT2D eigenvalue weighted by Crippen LogP contribution is -2.40. The smallest absolute Gasteiger partial charge is 0.307 e. The van der Waals surface area contributed by atoms with E-state index in [0.717, 1.165) is 5.56 Å². The first-order valence-electron chi connectivity index (χ1n) is 8.59. The van der Waals surface area contributed by atoms with Gasteiger partial charge in [0.2, 0.25) is 0 Å². The molecule has 2 aromatic heterocycles. The van der Waals surface area contributed by atoms with E-state index in [-0.39, 0.29) is 6.03 Å². The zero-order valence-electron chi connectivity index (χ0n) is 15.3. The fourth-order valence-electron chi connectivity index (χ4n) is 3.17. The predicted octanol–water partition coefficient (Wildman–Crippen LogP) is 4.92. The molecular formula is C21H16ClN5O. The Morgan fingerprint density at radius 1 is 1.21 bits per heavy atom. The number of carbonyl (C=O) groups excluding carboxylic acids is 1. The number of nitrogens with zero attached hydrogens (tertiary/aromatic N) is 4. The van der Waals surface area contributed by atoms with Gasteiger partial charge >= 0.3 is 6.03 Å². The summed E-state index contributed by atoms with van der Waals surface area (Å²) in [6.45, 7) is 7.62. The molecule has 1 aliphatic rings. The lowest BCUT2D eigenvalue weighted by atomic mass is 9.86. The van der Waals surface area contributed by atoms with Crippen LogP contribution in [0.4, 0.5) is 16.2 Å². The Hall–Kier alpha value is -3.43. The van der Waals surface area contributed by atoms with Gasteiger partial charge in [0.05, 0.1) is 28.4 Å². The number of benzene rings is 1. The van der Waals surface area contributed by atoms with E-state index >= 15 is 0 Å². The molecule has 138 valence electrons. The summed E-state index contributed by atoms with van der Waals surface area (Å²) in [5, 5.41) is 12.4. The number of halogens is 1. The number of hydrogen-bond donors (Lipinski definition) is 1. The zero-order valence-corrected chi connectivity index (χ0v) is 16.1. The van der Waals surface area contributed by atoms with Crippen molar-refractivity contribution in [3.8, 4) is 6.07 Å².